The highest BCUT2D eigenvalue weighted by Crippen LogP contribution is 2.36. The highest BCUT2D eigenvalue weighted by molar-refractivity contribution is 6.11. The van der Waals surface area contributed by atoms with E-state index in [1.54, 1.807) is 0 Å². The second kappa shape index (κ2) is 9.21. The van der Waals surface area contributed by atoms with E-state index in [1.165, 1.54) is 66.1 Å². The molecule has 0 spiro atoms. The molecular formula is C37H27N. The first-order valence-corrected chi connectivity index (χ1v) is 13.1. The number of benzene rings is 6. The Bertz CT molecular complexity index is 1950. The minimum absolute atomic E-state index is 1.20. The summed E-state index contributed by atoms with van der Waals surface area (Å²) in [6, 6.07) is 48.3. The fourth-order valence-corrected chi connectivity index (χ4v) is 5.47. The van der Waals surface area contributed by atoms with Crippen molar-refractivity contribution in [3.63, 3.8) is 0 Å². The predicted molar refractivity (Wildman–Crippen MR) is 164 cm³/mol. The maximum absolute atomic E-state index is 2.41. The minimum Gasteiger partial charge on any atom is -0.309 e. The van der Waals surface area contributed by atoms with Gasteiger partial charge in [0.1, 0.15) is 0 Å². The van der Waals surface area contributed by atoms with E-state index in [0.29, 0.717) is 0 Å². The van der Waals surface area contributed by atoms with Gasteiger partial charge in [-0.2, -0.15) is 0 Å². The summed E-state index contributed by atoms with van der Waals surface area (Å²) in [6.07, 6.45) is 4.35. The van der Waals surface area contributed by atoms with Gasteiger partial charge in [0.2, 0.25) is 0 Å². The van der Waals surface area contributed by atoms with Gasteiger partial charge in [-0.1, -0.05) is 127 Å². The molecule has 1 nitrogen and oxygen atoms in total. The molecule has 38 heavy (non-hydrogen) atoms. The molecule has 0 saturated heterocycles. The summed E-state index contributed by atoms with van der Waals surface area (Å²) in [4.78, 5) is 0. The predicted octanol–water partition coefficient (Wildman–Crippen LogP) is 10.1. The number of hydrogen-bond acceptors (Lipinski definition) is 0. The Labute approximate surface area is 222 Å². The molecule has 7 rings (SSSR count). The Morgan fingerprint density at radius 1 is 0.474 bits per heavy atom. The van der Waals surface area contributed by atoms with Crippen molar-refractivity contribution in [3.05, 3.63) is 150 Å². The summed E-state index contributed by atoms with van der Waals surface area (Å²) < 4.78 is 2.41. The summed E-state index contributed by atoms with van der Waals surface area (Å²) in [7, 11) is 0. The van der Waals surface area contributed by atoms with Crippen LogP contribution in [0.4, 0.5) is 0 Å². The Hall–Kier alpha value is -4.88. The van der Waals surface area contributed by atoms with Crippen LogP contribution in [0, 0.1) is 6.92 Å². The molecule has 1 aromatic heterocycles. The number of rotatable bonds is 4. The van der Waals surface area contributed by atoms with E-state index in [1.807, 2.05) is 0 Å². The van der Waals surface area contributed by atoms with Crippen molar-refractivity contribution in [2.45, 2.75) is 6.92 Å². The zero-order chi connectivity index (χ0) is 25.5. The van der Waals surface area contributed by atoms with Crippen LogP contribution in [-0.4, -0.2) is 4.57 Å². The van der Waals surface area contributed by atoms with Crippen LogP contribution in [0.5, 0.6) is 0 Å². The molecule has 0 aliphatic carbocycles. The molecule has 6 aromatic carbocycles. The fraction of sp³-hybridized carbons (Fsp3) is 0.0270. The Morgan fingerprint density at radius 3 is 1.87 bits per heavy atom. The van der Waals surface area contributed by atoms with Crippen molar-refractivity contribution in [3.8, 4) is 16.8 Å². The summed E-state index contributed by atoms with van der Waals surface area (Å²) in [6.45, 7) is 2.12. The normalized spacial score (nSPS) is 11.7. The van der Waals surface area contributed by atoms with Gasteiger partial charge >= 0.3 is 0 Å². The first kappa shape index (κ1) is 22.3. The van der Waals surface area contributed by atoms with Gasteiger partial charge in [0, 0.05) is 16.2 Å². The monoisotopic (exact) mass is 485 g/mol. The van der Waals surface area contributed by atoms with Gasteiger partial charge in [-0.15, -0.1) is 0 Å². The summed E-state index contributed by atoms with van der Waals surface area (Å²) in [5.74, 6) is 0. The lowest BCUT2D eigenvalue weighted by Gasteiger charge is -2.11. The van der Waals surface area contributed by atoms with Crippen LogP contribution in [-0.2, 0) is 0 Å². The van der Waals surface area contributed by atoms with Crippen LogP contribution in [0.1, 0.15) is 16.7 Å². The fourth-order valence-electron chi connectivity index (χ4n) is 5.47. The number of aryl methyl sites for hydroxylation is 1. The second-order valence-corrected chi connectivity index (χ2v) is 9.95. The molecule has 0 fully saturated rings. The van der Waals surface area contributed by atoms with Crippen LogP contribution in [0.2, 0.25) is 0 Å². The quantitative estimate of drug-likeness (QED) is 0.219. The lowest BCUT2D eigenvalue weighted by atomic mass is 10.0. The van der Waals surface area contributed by atoms with E-state index in [-0.39, 0.29) is 0 Å². The highest BCUT2D eigenvalue weighted by Gasteiger charge is 2.14. The summed E-state index contributed by atoms with van der Waals surface area (Å²) in [5, 5.41) is 5.06. The smallest absolute Gasteiger partial charge is 0.0541 e. The van der Waals surface area contributed by atoms with Gasteiger partial charge < -0.3 is 4.57 Å². The van der Waals surface area contributed by atoms with Crippen molar-refractivity contribution < 1.29 is 0 Å². The van der Waals surface area contributed by atoms with Crippen LogP contribution in [0.3, 0.4) is 0 Å². The number of aromatic nitrogens is 1. The van der Waals surface area contributed by atoms with Crippen molar-refractivity contribution in [1.82, 2.24) is 4.57 Å². The van der Waals surface area contributed by atoms with E-state index in [9.17, 15) is 0 Å². The van der Waals surface area contributed by atoms with Crippen molar-refractivity contribution in [2.24, 2.45) is 0 Å². The molecule has 0 aliphatic rings. The standard InChI is InChI=1S/C37H27N/c1-26-13-15-27(16-14-26)17-18-28-19-21-29(22-20-28)31-23-24-37-34(25-31)33-10-4-5-11-36(33)38(37)35-12-6-8-30-7-2-3-9-32(30)35/h2-25H,1H3. The number of para-hydroxylation sites is 1. The maximum atomic E-state index is 2.41. The van der Waals surface area contributed by atoms with Gasteiger partial charge in [0.25, 0.3) is 0 Å². The molecule has 1 heterocycles. The number of hydrogen-bond donors (Lipinski definition) is 0. The van der Waals surface area contributed by atoms with Gasteiger partial charge in [-0.3, -0.25) is 0 Å². The van der Waals surface area contributed by atoms with E-state index in [2.05, 4.69) is 157 Å². The zero-order valence-electron chi connectivity index (χ0n) is 21.3. The molecule has 7 aromatic rings. The molecule has 180 valence electrons. The third-order valence-electron chi connectivity index (χ3n) is 7.47. The van der Waals surface area contributed by atoms with Crippen molar-refractivity contribution in [1.29, 1.82) is 0 Å². The zero-order valence-corrected chi connectivity index (χ0v) is 21.3. The maximum Gasteiger partial charge on any atom is 0.0541 e. The third-order valence-corrected chi connectivity index (χ3v) is 7.47. The van der Waals surface area contributed by atoms with Crippen LogP contribution >= 0.6 is 0 Å². The van der Waals surface area contributed by atoms with Crippen molar-refractivity contribution in [2.75, 3.05) is 0 Å². The van der Waals surface area contributed by atoms with Crippen LogP contribution in [0.15, 0.2) is 133 Å². The van der Waals surface area contributed by atoms with Gasteiger partial charge in [-0.05, 0) is 58.8 Å². The average Bonchev–Trinajstić information content (AvgIpc) is 3.30. The van der Waals surface area contributed by atoms with E-state index in [4.69, 9.17) is 0 Å². The van der Waals surface area contributed by atoms with Crippen LogP contribution in [0.25, 0.3) is 61.5 Å². The SMILES string of the molecule is Cc1ccc(C=Cc2ccc(-c3ccc4c(c3)c3ccccc3n4-c3cccc4ccccc34)cc2)cc1. The average molecular weight is 486 g/mol. The molecule has 0 radical (unpaired) electrons. The lowest BCUT2D eigenvalue weighted by Crippen LogP contribution is -1.95. The minimum atomic E-state index is 1.20. The van der Waals surface area contributed by atoms with Gasteiger partial charge in [0.05, 0.1) is 16.7 Å². The van der Waals surface area contributed by atoms with E-state index < -0.39 is 0 Å². The van der Waals surface area contributed by atoms with E-state index in [0.717, 1.165) is 0 Å². The molecule has 0 atom stereocenters. The van der Waals surface area contributed by atoms with Crippen LogP contribution < -0.4 is 0 Å². The first-order chi connectivity index (χ1) is 18.7. The molecular weight excluding hydrogens is 458 g/mol. The molecule has 0 bridgehead atoms. The lowest BCUT2D eigenvalue weighted by molar-refractivity contribution is 1.20. The first-order valence-electron chi connectivity index (χ1n) is 13.1. The molecule has 0 amide bonds. The third kappa shape index (κ3) is 3.90. The Morgan fingerprint density at radius 2 is 1.08 bits per heavy atom. The number of nitrogens with zero attached hydrogens (tertiary/aromatic N) is 1. The van der Waals surface area contributed by atoms with Gasteiger partial charge in [-0.25, -0.2) is 0 Å². The highest BCUT2D eigenvalue weighted by atomic mass is 15.0. The Kier molecular flexibility index (Phi) is 5.41. The van der Waals surface area contributed by atoms with Crippen molar-refractivity contribution >= 4 is 44.7 Å². The topological polar surface area (TPSA) is 4.93 Å². The van der Waals surface area contributed by atoms with E-state index >= 15 is 0 Å². The molecule has 0 N–H and O–H groups in total. The molecule has 1 heteroatoms. The summed E-state index contributed by atoms with van der Waals surface area (Å²) >= 11 is 0. The summed E-state index contributed by atoms with van der Waals surface area (Å²) in [5.41, 5.74) is 9.82. The molecule has 0 aliphatic heterocycles. The molecule has 0 saturated carbocycles. The molecule has 0 unspecified atom stereocenters. The largest absolute Gasteiger partial charge is 0.309 e. The van der Waals surface area contributed by atoms with Gasteiger partial charge in [0.15, 0.2) is 0 Å². The Balaban J connectivity index is 1.31. The number of fused-ring (bicyclic) bond motifs is 4. The second-order valence-electron chi connectivity index (χ2n) is 9.95.